The molecule has 1 heterocycles. The van der Waals surface area contributed by atoms with Gasteiger partial charge in [-0.1, -0.05) is 30.8 Å². The number of benzene rings is 2. The Hall–Kier alpha value is -2.60. The first kappa shape index (κ1) is 17.2. The second-order valence-corrected chi connectivity index (χ2v) is 6.31. The van der Waals surface area contributed by atoms with Crippen LogP contribution in [0.15, 0.2) is 64.4 Å². The summed E-state index contributed by atoms with van der Waals surface area (Å²) < 4.78 is 18.5. The van der Waals surface area contributed by atoms with Crippen molar-refractivity contribution in [1.82, 2.24) is 4.98 Å². The summed E-state index contributed by atoms with van der Waals surface area (Å²) in [5, 5.41) is 3.24. The number of hydrogen-bond acceptors (Lipinski definition) is 4. The molecule has 0 spiro atoms. The molecule has 0 saturated carbocycles. The van der Waals surface area contributed by atoms with Crippen LogP contribution in [0.3, 0.4) is 0 Å². The van der Waals surface area contributed by atoms with Gasteiger partial charge in [0.15, 0.2) is 5.76 Å². The van der Waals surface area contributed by atoms with E-state index in [0.717, 1.165) is 17.7 Å². The van der Waals surface area contributed by atoms with Gasteiger partial charge in [0, 0.05) is 11.3 Å². The largest absolute Gasteiger partial charge is 0.431 e. The quantitative estimate of drug-likeness (QED) is 0.646. The third-order valence-electron chi connectivity index (χ3n) is 3.59. The fourth-order valence-electron chi connectivity index (χ4n) is 2.22. The highest BCUT2D eigenvalue weighted by Gasteiger charge is 2.10. The van der Waals surface area contributed by atoms with Gasteiger partial charge < -0.3 is 9.73 Å². The molecule has 0 radical (unpaired) electrons. The van der Waals surface area contributed by atoms with E-state index in [1.807, 2.05) is 24.3 Å². The number of thioether (sulfide) groups is 1. The molecule has 1 aromatic heterocycles. The predicted molar refractivity (Wildman–Crippen MR) is 97.1 cm³/mol. The van der Waals surface area contributed by atoms with Crippen LogP contribution in [0.1, 0.15) is 12.5 Å². The van der Waals surface area contributed by atoms with Crippen molar-refractivity contribution in [3.63, 3.8) is 0 Å². The summed E-state index contributed by atoms with van der Waals surface area (Å²) >= 11 is 1.21. The zero-order valence-corrected chi connectivity index (χ0v) is 14.5. The molecule has 4 nitrogen and oxygen atoms in total. The highest BCUT2D eigenvalue weighted by atomic mass is 32.2. The molecular weight excluding hydrogens is 339 g/mol. The Bertz CT molecular complexity index is 845. The summed E-state index contributed by atoms with van der Waals surface area (Å²) in [6, 6.07) is 13.7. The topological polar surface area (TPSA) is 55.1 Å². The van der Waals surface area contributed by atoms with E-state index >= 15 is 0 Å². The van der Waals surface area contributed by atoms with Crippen molar-refractivity contribution in [2.24, 2.45) is 0 Å². The van der Waals surface area contributed by atoms with E-state index in [4.69, 9.17) is 4.42 Å². The van der Waals surface area contributed by atoms with Gasteiger partial charge in [0.05, 0.1) is 11.9 Å². The Balaban J connectivity index is 1.54. The molecule has 0 aliphatic rings. The minimum atomic E-state index is -0.304. The van der Waals surface area contributed by atoms with Gasteiger partial charge in [-0.2, -0.15) is 0 Å². The zero-order chi connectivity index (χ0) is 17.6. The number of amides is 1. The summed E-state index contributed by atoms with van der Waals surface area (Å²) in [5.74, 6) is 0.300. The Labute approximate surface area is 149 Å². The SMILES string of the molecule is CCc1ccc(NC(=O)CSc2ncc(-c3ccc(F)cc3)o2)cc1. The van der Waals surface area contributed by atoms with E-state index in [2.05, 4.69) is 17.2 Å². The number of aryl methyl sites for hydroxylation is 1. The number of nitrogens with zero attached hydrogens (tertiary/aromatic N) is 1. The number of aromatic nitrogens is 1. The maximum atomic E-state index is 12.9. The highest BCUT2D eigenvalue weighted by molar-refractivity contribution is 7.99. The van der Waals surface area contributed by atoms with Crippen LogP contribution in [0, 0.1) is 5.82 Å². The first-order chi connectivity index (χ1) is 12.1. The van der Waals surface area contributed by atoms with Gasteiger partial charge in [0.2, 0.25) is 5.91 Å². The summed E-state index contributed by atoms with van der Waals surface area (Å²) in [7, 11) is 0. The van der Waals surface area contributed by atoms with Gasteiger partial charge in [-0.3, -0.25) is 4.79 Å². The van der Waals surface area contributed by atoms with Crippen LogP contribution in [0.25, 0.3) is 11.3 Å². The van der Waals surface area contributed by atoms with Crippen molar-refractivity contribution in [3.05, 3.63) is 66.1 Å². The molecule has 1 N–H and O–H groups in total. The van der Waals surface area contributed by atoms with Gasteiger partial charge in [-0.25, -0.2) is 9.37 Å². The lowest BCUT2D eigenvalue weighted by Gasteiger charge is -2.05. The predicted octanol–water partition coefficient (Wildman–Crippen LogP) is 4.77. The molecule has 0 saturated heterocycles. The standard InChI is InChI=1S/C19H17FN2O2S/c1-2-13-3-9-16(10-4-13)22-18(23)12-25-19-21-11-17(24-19)14-5-7-15(20)8-6-14/h3-11H,2,12H2,1H3,(H,22,23). The molecule has 0 bridgehead atoms. The van der Waals surface area contributed by atoms with E-state index < -0.39 is 0 Å². The van der Waals surface area contributed by atoms with Crippen LogP contribution in [0.5, 0.6) is 0 Å². The number of rotatable bonds is 6. The monoisotopic (exact) mass is 356 g/mol. The number of carbonyl (C=O) groups excluding carboxylic acids is 1. The van der Waals surface area contributed by atoms with Gasteiger partial charge in [-0.15, -0.1) is 0 Å². The Kier molecular flexibility index (Phi) is 5.50. The third-order valence-corrected chi connectivity index (χ3v) is 4.43. The lowest BCUT2D eigenvalue weighted by molar-refractivity contribution is -0.113. The fourth-order valence-corrected chi connectivity index (χ4v) is 2.82. The fraction of sp³-hybridized carbons (Fsp3) is 0.158. The zero-order valence-electron chi connectivity index (χ0n) is 13.7. The molecule has 1 amide bonds. The van der Waals surface area contributed by atoms with Crippen molar-refractivity contribution in [2.75, 3.05) is 11.1 Å². The molecule has 6 heteroatoms. The average Bonchev–Trinajstić information content (AvgIpc) is 3.10. The summed E-state index contributed by atoms with van der Waals surface area (Å²) in [4.78, 5) is 16.2. The van der Waals surface area contributed by atoms with Crippen LogP contribution in [-0.2, 0) is 11.2 Å². The maximum absolute atomic E-state index is 12.9. The van der Waals surface area contributed by atoms with E-state index in [-0.39, 0.29) is 17.5 Å². The second-order valence-electron chi connectivity index (χ2n) is 5.38. The summed E-state index contributed by atoms with van der Waals surface area (Å²) in [6.07, 6.45) is 2.53. The van der Waals surface area contributed by atoms with Crippen molar-refractivity contribution in [2.45, 2.75) is 18.6 Å². The molecule has 25 heavy (non-hydrogen) atoms. The van der Waals surface area contributed by atoms with Crippen molar-refractivity contribution >= 4 is 23.4 Å². The number of nitrogens with one attached hydrogen (secondary N) is 1. The van der Waals surface area contributed by atoms with Crippen LogP contribution < -0.4 is 5.32 Å². The molecule has 0 unspecified atom stereocenters. The first-order valence-electron chi connectivity index (χ1n) is 7.87. The Morgan fingerprint density at radius 3 is 2.56 bits per heavy atom. The van der Waals surface area contributed by atoms with Gasteiger partial charge in [0.1, 0.15) is 5.82 Å². The number of anilines is 1. The van der Waals surface area contributed by atoms with E-state index in [1.165, 1.54) is 29.5 Å². The molecule has 3 rings (SSSR count). The number of hydrogen-bond donors (Lipinski definition) is 1. The molecule has 3 aromatic rings. The van der Waals surface area contributed by atoms with Crippen molar-refractivity contribution in [1.29, 1.82) is 0 Å². The smallest absolute Gasteiger partial charge is 0.256 e. The minimum absolute atomic E-state index is 0.129. The summed E-state index contributed by atoms with van der Waals surface area (Å²) in [5.41, 5.74) is 2.73. The average molecular weight is 356 g/mol. The van der Waals surface area contributed by atoms with Crippen LogP contribution >= 0.6 is 11.8 Å². The Morgan fingerprint density at radius 1 is 1.16 bits per heavy atom. The Morgan fingerprint density at radius 2 is 1.88 bits per heavy atom. The lowest BCUT2D eigenvalue weighted by Crippen LogP contribution is -2.13. The highest BCUT2D eigenvalue weighted by Crippen LogP contribution is 2.25. The first-order valence-corrected chi connectivity index (χ1v) is 8.86. The van der Waals surface area contributed by atoms with Crippen molar-refractivity contribution < 1.29 is 13.6 Å². The van der Waals surface area contributed by atoms with Crippen LogP contribution in [-0.4, -0.2) is 16.6 Å². The van der Waals surface area contributed by atoms with Crippen molar-refractivity contribution in [3.8, 4) is 11.3 Å². The van der Waals surface area contributed by atoms with E-state index in [0.29, 0.717) is 11.0 Å². The third kappa shape index (κ3) is 4.70. The molecule has 2 aromatic carbocycles. The van der Waals surface area contributed by atoms with Crippen LogP contribution in [0.4, 0.5) is 10.1 Å². The number of carbonyl (C=O) groups is 1. The lowest BCUT2D eigenvalue weighted by atomic mass is 10.1. The number of halogens is 1. The van der Waals surface area contributed by atoms with Gasteiger partial charge >= 0.3 is 0 Å². The number of oxazole rings is 1. The molecule has 0 fully saturated rings. The van der Waals surface area contributed by atoms with Crippen LogP contribution in [0.2, 0.25) is 0 Å². The van der Waals surface area contributed by atoms with Gasteiger partial charge in [-0.05, 0) is 48.4 Å². The second kappa shape index (κ2) is 7.98. The molecule has 0 atom stereocenters. The maximum Gasteiger partial charge on any atom is 0.256 e. The minimum Gasteiger partial charge on any atom is -0.431 e. The van der Waals surface area contributed by atoms with Gasteiger partial charge in [0.25, 0.3) is 5.22 Å². The van der Waals surface area contributed by atoms with E-state index in [1.54, 1.807) is 18.3 Å². The molecule has 0 aliphatic heterocycles. The van der Waals surface area contributed by atoms with E-state index in [9.17, 15) is 9.18 Å². The normalized spacial score (nSPS) is 10.6. The molecular formula is C19H17FN2O2S. The summed E-state index contributed by atoms with van der Waals surface area (Å²) in [6.45, 7) is 2.08. The molecule has 0 aliphatic carbocycles. The molecule has 128 valence electrons.